The predicted octanol–water partition coefficient (Wildman–Crippen LogP) is 1.78. The number of morpholine rings is 1. The average Bonchev–Trinajstić information content (AvgIpc) is 3.34. The molecule has 1 aromatic carbocycles. The Labute approximate surface area is 157 Å². The lowest BCUT2D eigenvalue weighted by atomic mass is 10.2. The van der Waals surface area contributed by atoms with E-state index in [9.17, 15) is 8.42 Å². The predicted molar refractivity (Wildman–Crippen MR) is 99.7 cm³/mol. The van der Waals surface area contributed by atoms with Crippen molar-refractivity contribution < 1.29 is 13.2 Å². The van der Waals surface area contributed by atoms with Crippen molar-refractivity contribution in [3.63, 3.8) is 0 Å². The number of sulfone groups is 1. The lowest BCUT2D eigenvalue weighted by molar-refractivity contribution is -0.0166. The van der Waals surface area contributed by atoms with Gasteiger partial charge in [-0.15, -0.1) is 0 Å². The summed E-state index contributed by atoms with van der Waals surface area (Å²) in [6, 6.07) is 6.79. The maximum absolute atomic E-state index is 11.6. The fraction of sp³-hybridized carbons (Fsp3) is 0.333. The molecule has 0 bridgehead atoms. The van der Waals surface area contributed by atoms with Gasteiger partial charge in [0.25, 0.3) is 0 Å². The van der Waals surface area contributed by atoms with Gasteiger partial charge in [-0.05, 0) is 17.7 Å². The standard InChI is InChI=1S/C18H21N5O3S/c1-27(24,25)14-4-2-13(3-5-14)15-10-21-18(22-15)16-12-26-9-8-23(16)11-17-19-6-7-20-17/h2-7,10,16H,8-9,11-12H2,1H3,(H,19,20)(H,21,22). The number of nitrogens with zero attached hydrogens (tertiary/aromatic N) is 3. The van der Waals surface area contributed by atoms with Gasteiger partial charge in [0.2, 0.25) is 0 Å². The Balaban J connectivity index is 1.55. The van der Waals surface area contributed by atoms with Crippen LogP contribution in [-0.4, -0.2) is 59.3 Å². The Bertz CT molecular complexity index is 996. The summed E-state index contributed by atoms with van der Waals surface area (Å²) in [6.45, 7) is 2.73. The van der Waals surface area contributed by atoms with Crippen molar-refractivity contribution in [2.45, 2.75) is 17.5 Å². The van der Waals surface area contributed by atoms with Gasteiger partial charge in [-0.1, -0.05) is 12.1 Å². The van der Waals surface area contributed by atoms with Crippen LogP contribution in [0.2, 0.25) is 0 Å². The Kier molecular flexibility index (Phi) is 4.81. The Morgan fingerprint density at radius 1 is 1.26 bits per heavy atom. The molecule has 8 nitrogen and oxygen atoms in total. The van der Waals surface area contributed by atoms with Crippen molar-refractivity contribution in [2.24, 2.45) is 0 Å². The van der Waals surface area contributed by atoms with Crippen LogP contribution in [0.1, 0.15) is 17.7 Å². The van der Waals surface area contributed by atoms with E-state index in [4.69, 9.17) is 4.74 Å². The van der Waals surface area contributed by atoms with Crippen LogP contribution in [-0.2, 0) is 21.1 Å². The first-order chi connectivity index (χ1) is 13.0. The van der Waals surface area contributed by atoms with Gasteiger partial charge >= 0.3 is 0 Å². The third-order valence-electron chi connectivity index (χ3n) is 4.65. The van der Waals surface area contributed by atoms with E-state index < -0.39 is 9.84 Å². The average molecular weight is 387 g/mol. The molecule has 2 aromatic heterocycles. The molecular weight excluding hydrogens is 366 g/mol. The molecule has 27 heavy (non-hydrogen) atoms. The quantitative estimate of drug-likeness (QED) is 0.692. The summed E-state index contributed by atoms with van der Waals surface area (Å²) in [7, 11) is -3.20. The molecule has 0 radical (unpaired) electrons. The number of imidazole rings is 2. The van der Waals surface area contributed by atoms with Gasteiger partial charge < -0.3 is 14.7 Å². The number of rotatable bonds is 5. The summed E-state index contributed by atoms with van der Waals surface area (Å²) < 4.78 is 28.9. The molecule has 1 fully saturated rings. The lowest BCUT2D eigenvalue weighted by Gasteiger charge is -2.33. The van der Waals surface area contributed by atoms with Crippen molar-refractivity contribution >= 4 is 9.84 Å². The van der Waals surface area contributed by atoms with Gasteiger partial charge in [0, 0.05) is 25.2 Å². The smallest absolute Gasteiger partial charge is 0.175 e. The number of aromatic nitrogens is 4. The molecule has 0 amide bonds. The normalized spacial score (nSPS) is 18.6. The Hall–Kier alpha value is -2.49. The fourth-order valence-electron chi connectivity index (χ4n) is 3.19. The van der Waals surface area contributed by atoms with E-state index >= 15 is 0 Å². The lowest BCUT2D eigenvalue weighted by Crippen LogP contribution is -2.39. The molecule has 9 heteroatoms. The molecule has 142 valence electrons. The van der Waals surface area contributed by atoms with Crippen LogP contribution in [0.25, 0.3) is 11.3 Å². The van der Waals surface area contributed by atoms with Gasteiger partial charge in [-0.3, -0.25) is 4.90 Å². The van der Waals surface area contributed by atoms with E-state index in [1.807, 2.05) is 6.20 Å². The van der Waals surface area contributed by atoms with Gasteiger partial charge in [0.1, 0.15) is 11.6 Å². The zero-order valence-corrected chi connectivity index (χ0v) is 15.7. The van der Waals surface area contributed by atoms with E-state index in [0.717, 1.165) is 29.5 Å². The molecule has 1 aliphatic rings. The highest BCUT2D eigenvalue weighted by molar-refractivity contribution is 7.90. The van der Waals surface area contributed by atoms with Crippen molar-refractivity contribution in [1.29, 1.82) is 0 Å². The largest absolute Gasteiger partial charge is 0.378 e. The molecule has 0 saturated carbocycles. The molecule has 1 atom stereocenters. The monoisotopic (exact) mass is 387 g/mol. The molecular formula is C18H21N5O3S. The van der Waals surface area contributed by atoms with Crippen molar-refractivity contribution in [2.75, 3.05) is 26.0 Å². The third kappa shape index (κ3) is 3.95. The Morgan fingerprint density at radius 3 is 2.78 bits per heavy atom. The highest BCUT2D eigenvalue weighted by atomic mass is 32.2. The molecule has 3 aromatic rings. The molecule has 3 heterocycles. The molecule has 2 N–H and O–H groups in total. The summed E-state index contributed by atoms with van der Waals surface area (Å²) in [4.78, 5) is 17.9. The summed E-state index contributed by atoms with van der Waals surface area (Å²) in [5, 5.41) is 0. The van der Waals surface area contributed by atoms with E-state index in [-0.39, 0.29) is 6.04 Å². The van der Waals surface area contributed by atoms with Crippen LogP contribution in [0.4, 0.5) is 0 Å². The topological polar surface area (TPSA) is 104 Å². The molecule has 0 spiro atoms. The molecule has 1 unspecified atom stereocenters. The van der Waals surface area contributed by atoms with Crippen LogP contribution in [0.3, 0.4) is 0 Å². The number of nitrogens with one attached hydrogen (secondary N) is 2. The van der Waals surface area contributed by atoms with Crippen LogP contribution in [0, 0.1) is 0 Å². The zero-order chi connectivity index (χ0) is 18.9. The SMILES string of the molecule is CS(=O)(=O)c1ccc(-c2cnc(C3COCCN3Cc3ncc[nH]3)[nH]2)cc1. The molecule has 0 aliphatic carbocycles. The zero-order valence-electron chi connectivity index (χ0n) is 14.9. The third-order valence-corrected chi connectivity index (χ3v) is 5.78. The number of ether oxygens (including phenoxy) is 1. The minimum Gasteiger partial charge on any atom is -0.378 e. The number of H-pyrrole nitrogens is 2. The van der Waals surface area contributed by atoms with Gasteiger partial charge in [0.15, 0.2) is 9.84 Å². The number of benzene rings is 1. The minimum absolute atomic E-state index is 0.00731. The summed E-state index contributed by atoms with van der Waals surface area (Å²) in [5.74, 6) is 1.73. The van der Waals surface area contributed by atoms with Crippen LogP contribution >= 0.6 is 0 Å². The van der Waals surface area contributed by atoms with Crippen LogP contribution < -0.4 is 0 Å². The molecule has 1 saturated heterocycles. The molecule has 1 aliphatic heterocycles. The van der Waals surface area contributed by atoms with Crippen LogP contribution in [0.15, 0.2) is 47.8 Å². The number of hydrogen-bond donors (Lipinski definition) is 2. The molecule has 4 rings (SSSR count). The van der Waals surface area contributed by atoms with Crippen LogP contribution in [0.5, 0.6) is 0 Å². The first-order valence-electron chi connectivity index (χ1n) is 8.66. The van der Waals surface area contributed by atoms with Gasteiger partial charge in [0.05, 0.1) is 42.6 Å². The van der Waals surface area contributed by atoms with E-state index in [1.54, 1.807) is 36.7 Å². The summed E-state index contributed by atoms with van der Waals surface area (Å²) in [6.07, 6.45) is 6.53. The van der Waals surface area contributed by atoms with E-state index in [2.05, 4.69) is 24.8 Å². The summed E-state index contributed by atoms with van der Waals surface area (Å²) >= 11 is 0. The second-order valence-corrected chi connectivity index (χ2v) is 8.59. The second-order valence-electron chi connectivity index (χ2n) is 6.58. The van der Waals surface area contributed by atoms with E-state index in [1.165, 1.54) is 6.26 Å². The second kappa shape index (κ2) is 7.26. The minimum atomic E-state index is -3.20. The highest BCUT2D eigenvalue weighted by Crippen LogP contribution is 2.26. The number of hydrogen-bond acceptors (Lipinski definition) is 6. The first kappa shape index (κ1) is 17.9. The van der Waals surface area contributed by atoms with E-state index in [0.29, 0.717) is 24.7 Å². The first-order valence-corrected chi connectivity index (χ1v) is 10.6. The maximum Gasteiger partial charge on any atom is 0.175 e. The highest BCUT2D eigenvalue weighted by Gasteiger charge is 2.27. The van der Waals surface area contributed by atoms with Crippen molar-refractivity contribution in [3.8, 4) is 11.3 Å². The van der Waals surface area contributed by atoms with Crippen molar-refractivity contribution in [1.82, 2.24) is 24.8 Å². The van der Waals surface area contributed by atoms with Crippen molar-refractivity contribution in [3.05, 3.63) is 54.5 Å². The van der Waals surface area contributed by atoms with Gasteiger partial charge in [-0.25, -0.2) is 18.4 Å². The Morgan fingerprint density at radius 2 is 2.07 bits per heavy atom. The van der Waals surface area contributed by atoms with Gasteiger partial charge in [-0.2, -0.15) is 0 Å². The maximum atomic E-state index is 11.6. The fourth-order valence-corrected chi connectivity index (χ4v) is 3.82. The summed E-state index contributed by atoms with van der Waals surface area (Å²) in [5.41, 5.74) is 1.73. The number of aromatic amines is 2.